The van der Waals surface area contributed by atoms with Crippen LogP contribution in [-0.4, -0.2) is 30.0 Å². The van der Waals surface area contributed by atoms with E-state index >= 15 is 0 Å². The van der Waals surface area contributed by atoms with Crippen molar-refractivity contribution >= 4 is 0 Å². The highest BCUT2D eigenvalue weighted by molar-refractivity contribution is 5.43. The Morgan fingerprint density at radius 1 is 1.00 bits per heavy atom. The van der Waals surface area contributed by atoms with E-state index in [-0.39, 0.29) is 17.8 Å². The molecule has 1 aliphatic rings. The fourth-order valence-corrected chi connectivity index (χ4v) is 3.38. The molecule has 0 bridgehead atoms. The zero-order valence-electron chi connectivity index (χ0n) is 14.9. The zero-order chi connectivity index (χ0) is 18.2. The van der Waals surface area contributed by atoms with Crippen LogP contribution in [0, 0.1) is 5.92 Å². The van der Waals surface area contributed by atoms with E-state index in [1.807, 2.05) is 31.2 Å². The average molecular weight is 344 g/mol. The Kier molecular flexibility index (Phi) is 4.62. The summed E-state index contributed by atoms with van der Waals surface area (Å²) in [6, 6.07) is 12.7. The lowest BCUT2D eigenvalue weighted by Crippen LogP contribution is -2.34. The highest BCUT2D eigenvalue weighted by Crippen LogP contribution is 2.52. The normalized spacial score (nSPS) is 28.8. The molecule has 25 heavy (non-hydrogen) atoms. The lowest BCUT2D eigenvalue weighted by atomic mass is 9.81. The summed E-state index contributed by atoms with van der Waals surface area (Å²) in [4.78, 5) is 0. The molecular weight excluding hydrogens is 320 g/mol. The maximum absolute atomic E-state index is 11.1. The zero-order valence-corrected chi connectivity index (χ0v) is 14.9. The minimum absolute atomic E-state index is 0.0790. The van der Waals surface area contributed by atoms with Gasteiger partial charge in [0, 0.05) is 5.92 Å². The molecule has 134 valence electrons. The van der Waals surface area contributed by atoms with E-state index in [0.717, 1.165) is 16.9 Å². The van der Waals surface area contributed by atoms with Crippen molar-refractivity contribution in [3.8, 4) is 17.2 Å². The van der Waals surface area contributed by atoms with Crippen molar-refractivity contribution in [3.05, 3.63) is 53.6 Å². The van der Waals surface area contributed by atoms with Gasteiger partial charge < -0.3 is 24.4 Å². The van der Waals surface area contributed by atoms with Crippen LogP contribution in [0.5, 0.6) is 17.2 Å². The van der Waals surface area contributed by atoms with Crippen molar-refractivity contribution in [2.75, 3.05) is 14.2 Å². The Hall–Kier alpha value is -2.24. The molecule has 2 aromatic carbocycles. The van der Waals surface area contributed by atoms with E-state index in [9.17, 15) is 10.2 Å². The van der Waals surface area contributed by atoms with Crippen molar-refractivity contribution in [2.45, 2.75) is 31.7 Å². The third kappa shape index (κ3) is 3.05. The Morgan fingerprint density at radius 3 is 2.24 bits per heavy atom. The van der Waals surface area contributed by atoms with Gasteiger partial charge in [0.2, 0.25) is 0 Å². The van der Waals surface area contributed by atoms with E-state index in [2.05, 4.69) is 0 Å². The maximum Gasteiger partial charge on any atom is 0.160 e. The summed E-state index contributed by atoms with van der Waals surface area (Å²) < 4.78 is 16.6. The number of phenolic OH excluding ortho intramolecular Hbond substituents is 1. The predicted molar refractivity (Wildman–Crippen MR) is 94.0 cm³/mol. The standard InChI is InChI=1S/C20H24O5/c1-12-18(14-7-10-16(21)17(11-14)24-4)25-19(20(12,2)22)13-5-8-15(23-3)9-6-13/h5-12,18-19,21-22H,1-4H3. The Bertz CT molecular complexity index is 738. The lowest BCUT2D eigenvalue weighted by molar-refractivity contribution is -0.0444. The third-order valence-corrected chi connectivity index (χ3v) is 5.14. The molecule has 5 nitrogen and oxygen atoms in total. The number of methoxy groups -OCH3 is 2. The highest BCUT2D eigenvalue weighted by Gasteiger charge is 2.51. The number of hydrogen-bond donors (Lipinski definition) is 2. The monoisotopic (exact) mass is 344 g/mol. The summed E-state index contributed by atoms with van der Waals surface area (Å²) in [5, 5.41) is 20.9. The van der Waals surface area contributed by atoms with E-state index in [0.29, 0.717) is 5.75 Å². The smallest absolute Gasteiger partial charge is 0.160 e. The molecule has 1 aliphatic heterocycles. The molecule has 0 aliphatic carbocycles. The van der Waals surface area contributed by atoms with Gasteiger partial charge in [-0.3, -0.25) is 0 Å². The number of aromatic hydroxyl groups is 1. The molecular formula is C20H24O5. The van der Waals surface area contributed by atoms with Gasteiger partial charge in [0.15, 0.2) is 11.5 Å². The molecule has 4 atom stereocenters. The summed E-state index contributed by atoms with van der Waals surface area (Å²) in [5.74, 6) is 1.08. The molecule has 3 rings (SSSR count). The number of rotatable bonds is 4. The van der Waals surface area contributed by atoms with Gasteiger partial charge in [-0.1, -0.05) is 25.1 Å². The fourth-order valence-electron chi connectivity index (χ4n) is 3.38. The first kappa shape index (κ1) is 17.6. The molecule has 4 unspecified atom stereocenters. The van der Waals surface area contributed by atoms with Gasteiger partial charge in [-0.2, -0.15) is 0 Å². The summed E-state index contributed by atoms with van der Waals surface area (Å²) in [6.45, 7) is 3.76. The van der Waals surface area contributed by atoms with Gasteiger partial charge in [-0.15, -0.1) is 0 Å². The van der Waals surface area contributed by atoms with Crippen LogP contribution < -0.4 is 9.47 Å². The highest BCUT2D eigenvalue weighted by atomic mass is 16.5. The Labute approximate surface area is 147 Å². The van der Waals surface area contributed by atoms with E-state index in [1.165, 1.54) is 7.11 Å². The second-order valence-corrected chi connectivity index (χ2v) is 6.66. The quantitative estimate of drug-likeness (QED) is 0.887. The van der Waals surface area contributed by atoms with Gasteiger partial charge in [-0.05, 0) is 42.3 Å². The van der Waals surface area contributed by atoms with Crippen LogP contribution in [0.2, 0.25) is 0 Å². The predicted octanol–water partition coefficient (Wildman–Crippen LogP) is 3.61. The lowest BCUT2D eigenvalue weighted by Gasteiger charge is -2.28. The molecule has 0 saturated carbocycles. The number of aliphatic hydroxyl groups is 1. The minimum Gasteiger partial charge on any atom is -0.504 e. The topological polar surface area (TPSA) is 68.2 Å². The van der Waals surface area contributed by atoms with Crippen molar-refractivity contribution in [3.63, 3.8) is 0 Å². The van der Waals surface area contributed by atoms with Crippen LogP contribution >= 0.6 is 0 Å². The molecule has 0 spiro atoms. The number of hydrogen-bond acceptors (Lipinski definition) is 5. The van der Waals surface area contributed by atoms with E-state index in [4.69, 9.17) is 14.2 Å². The van der Waals surface area contributed by atoms with Gasteiger partial charge in [0.1, 0.15) is 11.9 Å². The van der Waals surface area contributed by atoms with Crippen molar-refractivity contribution in [1.82, 2.24) is 0 Å². The maximum atomic E-state index is 11.1. The van der Waals surface area contributed by atoms with Gasteiger partial charge in [-0.25, -0.2) is 0 Å². The van der Waals surface area contributed by atoms with Gasteiger partial charge >= 0.3 is 0 Å². The largest absolute Gasteiger partial charge is 0.504 e. The molecule has 1 saturated heterocycles. The van der Waals surface area contributed by atoms with Crippen molar-refractivity contribution in [2.24, 2.45) is 5.92 Å². The fraction of sp³-hybridized carbons (Fsp3) is 0.400. The van der Waals surface area contributed by atoms with Crippen LogP contribution in [0.1, 0.15) is 37.2 Å². The summed E-state index contributed by atoms with van der Waals surface area (Å²) >= 11 is 0. The molecule has 0 radical (unpaired) electrons. The van der Waals surface area contributed by atoms with Crippen LogP contribution in [-0.2, 0) is 4.74 Å². The van der Waals surface area contributed by atoms with Crippen LogP contribution in [0.25, 0.3) is 0 Å². The molecule has 1 fully saturated rings. The Balaban J connectivity index is 1.93. The summed E-state index contributed by atoms with van der Waals surface area (Å²) in [5.41, 5.74) is 0.717. The molecule has 0 amide bonds. The summed E-state index contributed by atoms with van der Waals surface area (Å²) in [7, 11) is 3.13. The number of benzene rings is 2. The van der Waals surface area contributed by atoms with Crippen LogP contribution in [0.4, 0.5) is 0 Å². The first-order valence-electron chi connectivity index (χ1n) is 8.27. The van der Waals surface area contributed by atoms with Crippen molar-refractivity contribution < 1.29 is 24.4 Å². The van der Waals surface area contributed by atoms with E-state index in [1.54, 1.807) is 32.2 Å². The van der Waals surface area contributed by atoms with Gasteiger partial charge in [0.05, 0.1) is 25.9 Å². The first-order valence-corrected chi connectivity index (χ1v) is 8.27. The van der Waals surface area contributed by atoms with Gasteiger partial charge in [0.25, 0.3) is 0 Å². The minimum atomic E-state index is -1.04. The SMILES string of the molecule is COc1ccc(C2OC(c3ccc(O)c(OC)c3)C(C)C2(C)O)cc1. The molecule has 5 heteroatoms. The summed E-state index contributed by atoms with van der Waals surface area (Å²) in [6.07, 6.45) is -0.769. The van der Waals surface area contributed by atoms with E-state index < -0.39 is 11.7 Å². The van der Waals surface area contributed by atoms with Crippen LogP contribution in [0.15, 0.2) is 42.5 Å². The van der Waals surface area contributed by atoms with Crippen LogP contribution in [0.3, 0.4) is 0 Å². The molecule has 2 aromatic rings. The number of ether oxygens (including phenoxy) is 3. The number of phenols is 1. The second kappa shape index (κ2) is 6.58. The molecule has 1 heterocycles. The van der Waals surface area contributed by atoms with Crippen molar-refractivity contribution in [1.29, 1.82) is 0 Å². The third-order valence-electron chi connectivity index (χ3n) is 5.14. The average Bonchev–Trinajstić information content (AvgIpc) is 2.86. The second-order valence-electron chi connectivity index (χ2n) is 6.66. The first-order chi connectivity index (χ1) is 11.9. The Morgan fingerprint density at radius 2 is 1.64 bits per heavy atom. The molecule has 2 N–H and O–H groups in total. The molecule has 0 aromatic heterocycles.